The molecule has 149 heavy (non-hydrogen) atoms. The smallest absolute Gasteiger partial charge is 0.251 e. The van der Waals surface area contributed by atoms with Gasteiger partial charge in [0.05, 0.1) is 137 Å². The number of aryl methyl sites for hydroxylation is 8. The highest BCUT2D eigenvalue weighted by Crippen LogP contribution is 2.41. The second-order valence-electron chi connectivity index (χ2n) is 40.7. The van der Waals surface area contributed by atoms with Crippen molar-refractivity contribution in [1.29, 1.82) is 0 Å². The zero-order valence-corrected chi connectivity index (χ0v) is 90.7. The fraction of sp³-hybridized carbons (Fsp3) is 0.443. The van der Waals surface area contributed by atoms with Crippen LogP contribution in [0.3, 0.4) is 0 Å². The average Bonchev–Trinajstić information content (AvgIpc) is 1.63. The number of nitrogens with zero attached hydrogens (tertiary/aromatic N) is 8. The highest BCUT2D eigenvalue weighted by Gasteiger charge is 2.51. The van der Waals surface area contributed by atoms with Crippen molar-refractivity contribution in [3.63, 3.8) is 0 Å². The van der Waals surface area contributed by atoms with E-state index in [9.17, 15) is 88.2 Å². The molecule has 9 heterocycles. The summed E-state index contributed by atoms with van der Waals surface area (Å²) in [6, 6.07) is 45.8. The van der Waals surface area contributed by atoms with Crippen LogP contribution in [0.2, 0.25) is 0 Å². The number of nitrogens with one attached hydrogen (secondary N) is 2. The predicted octanol–water partition coefficient (Wildman–Crippen LogP) is 15.6. The Morgan fingerprint density at radius 2 is 0.705 bits per heavy atom. The zero-order valence-electron chi connectivity index (χ0n) is 85.7. The Morgan fingerprint density at radius 1 is 0.383 bits per heavy atom. The topological polar surface area (TPSA) is 415 Å². The van der Waals surface area contributed by atoms with Gasteiger partial charge in [-0.15, -0.1) is 56.7 Å². The highest BCUT2D eigenvalue weighted by molar-refractivity contribution is 7.80. The third-order valence-electron chi connectivity index (χ3n) is 28.9. The van der Waals surface area contributed by atoms with Crippen molar-refractivity contribution < 1.29 is 88.2 Å². The maximum absolute atomic E-state index is 13.7. The van der Waals surface area contributed by atoms with E-state index < -0.39 is 108 Å². The standard InChI is InChI=1S/C30H32N2O5S.C29H35N3O4S2.C29H30N2O4S2.C27H37N3O5S/c1-17-29(38-16-31-17)20-10-7-19(8-11-20)9-12-26(35)25-14-22(34)15-32(25)30(37)27(18(2)33)24-13-21-5-3-4-6-23(21)28(24)36;1-18(2)6-13-26(35)31-27(25-5-4-14-37-25)29(36)32-16-22(33)15-23(32)24(34)12-9-20-7-10-21(11-8-20)28-19(3)30-17-38-28;1-17-28(37-16-30-17)19-9-6-18(7-10-19)8-11-26(33)25-13-21(32)14-31(25)29(35)24(15-36)23-12-20-4-2-3-5-22(20)27(23)34;1-16(2)5-12-24(34)29-25(18(4)31)27(35)30-14-21(32)13-22(30)23(33)11-8-19-6-9-20(10-7-19)26-17(3)28-15-36-26/h3-8,10-11,16,18,22,24-25,27,33-34H,9,12-15H2,1-2H3;4-5,7-8,10-11,14,17-18,22-23,27,33H,6,9,12-13,15-16H2,1-3H3,(H,31,35);2-7,9-10,16,21,23-25,32,36H,8,11-15H2,1H3;6-7,9-10,15-16,18,21-22,25,31-32H,5,8,11-14H2,1-4H3,(H,29,34)/t18-,22+,24?,25-,27+;22-,23+,27+;21-,23?,24-,25+;18-,21+,22-,25-/m0110/s1. The van der Waals surface area contributed by atoms with Crippen LogP contribution in [0.5, 0.6) is 0 Å². The van der Waals surface area contributed by atoms with E-state index in [1.165, 1.54) is 44.8 Å². The molecular formula is C115H134N10O18S6. The SMILES string of the molecule is Cc1ncsc1-c1ccc(CCC(=O)[C@@H]2C[C@@H](O)CN2C(=O)[C@@H](C2Cc3ccccc3C2=O)[C@H](C)O)cc1.Cc1ncsc1-c1ccc(CCC(=O)[C@@H]2C[C@@H](O)CN2C(=O)[C@@H](NC(=O)CCC(C)C)[C@H](C)O)cc1.Cc1ncsc1-c1ccc(CCC(=O)[C@@H]2C[C@@H](O)CN2C(=O)[C@@H](NC(=O)CCC(C)C)c2cccs2)cc1.Cc1ncsc1-c1ccc(CCC(=O)[C@@H]2C[C@@H](O)CN2C(=O)[C@H](CS)C2Cc3ccccc3C2=O)cc1. The first kappa shape index (κ1) is 113. The van der Waals surface area contributed by atoms with Gasteiger partial charge < -0.3 is 60.9 Å². The molecule has 11 aromatic rings. The number of ketones is 6. The number of aliphatic hydroxyl groups excluding tert-OH is 6. The van der Waals surface area contributed by atoms with E-state index in [1.54, 1.807) is 63.5 Å². The lowest BCUT2D eigenvalue weighted by atomic mass is 9.83. The van der Waals surface area contributed by atoms with Crippen LogP contribution < -0.4 is 10.6 Å². The summed E-state index contributed by atoms with van der Waals surface area (Å²) in [7, 11) is 0. The molecule has 0 bridgehead atoms. The number of aliphatic hydroxyl groups is 6. The van der Waals surface area contributed by atoms with Gasteiger partial charge >= 0.3 is 0 Å². The average molecular weight is 2140 g/mol. The molecule has 0 radical (unpaired) electrons. The molecule has 788 valence electrons. The van der Waals surface area contributed by atoms with Gasteiger partial charge in [0.25, 0.3) is 5.91 Å². The molecule has 2 unspecified atom stereocenters. The molecule has 6 aliphatic rings. The van der Waals surface area contributed by atoms with Crippen molar-refractivity contribution in [3.8, 4) is 41.8 Å². The van der Waals surface area contributed by atoms with E-state index in [-0.39, 0.29) is 148 Å². The number of hydrogen-bond acceptors (Lipinski definition) is 28. The van der Waals surface area contributed by atoms with Crippen molar-refractivity contribution in [2.75, 3.05) is 31.9 Å². The summed E-state index contributed by atoms with van der Waals surface area (Å²) in [5, 5.41) is 69.6. The van der Waals surface area contributed by atoms with Crippen LogP contribution in [-0.2, 0) is 86.5 Å². The summed E-state index contributed by atoms with van der Waals surface area (Å²) in [6.07, 6.45) is 1.40. The summed E-state index contributed by atoms with van der Waals surface area (Å²) in [4.78, 5) is 186. The molecule has 6 aromatic carbocycles. The normalized spacial score (nSPS) is 20.4. The molecule has 6 amide bonds. The van der Waals surface area contributed by atoms with Gasteiger partial charge in [-0.1, -0.05) is 179 Å². The molecular weight excluding hydrogens is 2000 g/mol. The Labute approximate surface area is 895 Å². The molecule has 4 aliphatic heterocycles. The van der Waals surface area contributed by atoms with E-state index >= 15 is 0 Å². The zero-order chi connectivity index (χ0) is 107. The molecule has 34 heteroatoms. The van der Waals surface area contributed by atoms with Gasteiger partial charge in [-0.05, 0) is 172 Å². The van der Waals surface area contributed by atoms with Crippen molar-refractivity contribution in [3.05, 3.63) is 257 Å². The van der Waals surface area contributed by atoms with Crippen molar-refractivity contribution in [1.82, 2.24) is 50.2 Å². The maximum atomic E-state index is 13.7. The summed E-state index contributed by atoms with van der Waals surface area (Å²) in [5.74, 6) is -4.55. The largest absolute Gasteiger partial charge is 0.393 e. The van der Waals surface area contributed by atoms with Crippen LogP contribution in [0.4, 0.5) is 0 Å². The molecule has 4 fully saturated rings. The number of rotatable bonds is 38. The first-order valence-corrected chi connectivity index (χ1v) is 56.3. The van der Waals surface area contributed by atoms with Gasteiger partial charge in [0.15, 0.2) is 34.7 Å². The van der Waals surface area contributed by atoms with Gasteiger partial charge in [0.2, 0.25) is 29.5 Å². The maximum Gasteiger partial charge on any atom is 0.251 e. The minimum Gasteiger partial charge on any atom is -0.393 e. The first-order chi connectivity index (χ1) is 71.4. The number of thiophene rings is 1. The Kier molecular flexibility index (Phi) is 39.8. The lowest BCUT2D eigenvalue weighted by Crippen LogP contribution is -2.56. The van der Waals surface area contributed by atoms with E-state index in [1.807, 2.05) is 222 Å². The number of aromatic nitrogens is 4. The lowest BCUT2D eigenvalue weighted by Gasteiger charge is -2.32. The number of carbonyl (C=O) groups excluding carboxylic acids is 12. The van der Waals surface area contributed by atoms with E-state index in [0.717, 1.165) is 109 Å². The number of thiazole rings is 4. The summed E-state index contributed by atoms with van der Waals surface area (Å²) < 4.78 is 0. The van der Waals surface area contributed by atoms with E-state index in [4.69, 9.17) is 0 Å². The number of likely N-dealkylation sites (tertiary alicyclic amines) is 4. The Hall–Kier alpha value is -11.5. The molecule has 0 spiro atoms. The van der Waals surface area contributed by atoms with E-state index in [2.05, 4.69) is 43.2 Å². The highest BCUT2D eigenvalue weighted by atomic mass is 32.1. The van der Waals surface area contributed by atoms with Gasteiger partial charge in [-0.3, -0.25) is 57.5 Å². The fourth-order valence-corrected chi connectivity index (χ4v) is 25.0. The van der Waals surface area contributed by atoms with Crippen LogP contribution in [0, 0.1) is 63.2 Å². The van der Waals surface area contributed by atoms with Gasteiger partial charge in [-0.25, -0.2) is 19.9 Å². The molecule has 17 rings (SSSR count). The second-order valence-corrected chi connectivity index (χ2v) is 45.5. The first-order valence-electron chi connectivity index (χ1n) is 51.3. The quantitative estimate of drug-likeness (QED) is 0.0162. The fourth-order valence-electron chi connectivity index (χ4n) is 20.6. The van der Waals surface area contributed by atoms with Gasteiger partial charge in [0.1, 0.15) is 12.1 Å². The van der Waals surface area contributed by atoms with Gasteiger partial charge in [0, 0.05) is 124 Å². The number of carbonyl (C=O) groups is 12. The number of amides is 6. The Bertz CT molecular complexity index is 6500. The second kappa shape index (κ2) is 52.5. The molecule has 0 saturated carbocycles. The third kappa shape index (κ3) is 28.7. The minimum atomic E-state index is -1.16. The Balaban J connectivity index is 0.000000157. The number of fused-ring (bicyclic) bond motifs is 2. The van der Waals surface area contributed by atoms with Crippen molar-refractivity contribution in [2.45, 2.75) is 258 Å². The number of thiol groups is 1. The van der Waals surface area contributed by atoms with Crippen LogP contribution in [0.25, 0.3) is 41.8 Å². The van der Waals surface area contributed by atoms with Crippen LogP contribution in [0.1, 0.15) is 206 Å². The molecule has 16 atom stereocenters. The van der Waals surface area contributed by atoms with Gasteiger partial charge in [-0.2, -0.15) is 12.6 Å². The summed E-state index contributed by atoms with van der Waals surface area (Å²) in [5.41, 5.74) is 22.8. The number of benzene rings is 6. The minimum absolute atomic E-state index is 0.00320. The monoisotopic (exact) mass is 2130 g/mol. The predicted molar refractivity (Wildman–Crippen MR) is 582 cm³/mol. The molecule has 28 nitrogen and oxygen atoms in total. The number of hydrogen-bond donors (Lipinski definition) is 9. The summed E-state index contributed by atoms with van der Waals surface area (Å²) in [6.45, 7) is 19.2. The third-order valence-corrected chi connectivity index (χ3v) is 34.2. The number of β-amino-alcohol motifs (C(OH)–C–C–N with tert-alkyl or cyclic N) is 4. The van der Waals surface area contributed by atoms with Crippen molar-refractivity contribution >= 4 is 139 Å². The molecule has 4 saturated heterocycles. The van der Waals surface area contributed by atoms with Crippen LogP contribution in [0.15, 0.2) is 185 Å². The van der Waals surface area contributed by atoms with E-state index in [0.29, 0.717) is 74.3 Å². The summed E-state index contributed by atoms with van der Waals surface area (Å²) >= 11 is 12.2. The molecule has 8 N–H and O–H groups in total. The molecule has 5 aromatic heterocycles. The lowest BCUT2D eigenvalue weighted by molar-refractivity contribution is -0.145. The molecule has 2 aliphatic carbocycles. The van der Waals surface area contributed by atoms with Crippen LogP contribution >= 0.6 is 69.3 Å². The van der Waals surface area contributed by atoms with Crippen molar-refractivity contribution in [2.24, 2.45) is 35.5 Å². The Morgan fingerprint density at radius 3 is 1.01 bits per heavy atom. The number of Topliss-reactive ketones (excluding diaryl/α,β-unsaturated/α-hetero) is 6. The van der Waals surface area contributed by atoms with Crippen LogP contribution in [-0.4, -0.2) is 239 Å².